The lowest BCUT2D eigenvalue weighted by Crippen LogP contribution is -2.49. The molecule has 0 bridgehead atoms. The van der Waals surface area contributed by atoms with E-state index in [4.69, 9.17) is 0 Å². The molecule has 3 aliphatic heterocycles. The maximum Gasteiger partial charge on any atom is 0.350 e. The van der Waals surface area contributed by atoms with Gasteiger partial charge in [-0.3, -0.25) is 9.36 Å². The van der Waals surface area contributed by atoms with Crippen LogP contribution >= 0.6 is 11.8 Å². The van der Waals surface area contributed by atoms with Crippen LogP contribution in [0.5, 0.6) is 0 Å². The van der Waals surface area contributed by atoms with Crippen molar-refractivity contribution in [2.45, 2.75) is 24.3 Å². The predicted octanol–water partition coefficient (Wildman–Crippen LogP) is 3.84. The number of hydrogen-bond acceptors (Lipinski definition) is 6. The first-order chi connectivity index (χ1) is 18.4. The molecule has 4 heterocycles. The van der Waals surface area contributed by atoms with Gasteiger partial charge < -0.3 is 14.7 Å². The molecule has 1 unspecified atom stereocenters. The number of thioether (sulfide) groups is 1. The van der Waals surface area contributed by atoms with Crippen molar-refractivity contribution in [1.82, 2.24) is 19.4 Å². The standard InChI is InChI=1S/C28H29F2N5O2S/c1-3-23(36)33-9-11-34(12-10-33)27-21-13-17(2)24(20-6-5-18(29)14-22(20)30)26-25(21)35(28(37)31-27)19(16-38-26)15-32-7-4-8-32/h3,5-6,13-14,19H,1,4,7-12,15-16H2,2H3. The Balaban J connectivity index is 1.53. The van der Waals surface area contributed by atoms with Gasteiger partial charge >= 0.3 is 5.69 Å². The fourth-order valence-electron chi connectivity index (χ4n) is 5.75. The molecule has 10 heteroatoms. The lowest BCUT2D eigenvalue weighted by molar-refractivity contribution is -0.126. The van der Waals surface area contributed by atoms with E-state index in [1.807, 2.05) is 13.0 Å². The van der Waals surface area contributed by atoms with E-state index in [0.717, 1.165) is 53.5 Å². The first-order valence-electron chi connectivity index (χ1n) is 12.9. The Bertz CT molecular complexity index is 1510. The van der Waals surface area contributed by atoms with Gasteiger partial charge in [-0.15, -0.1) is 11.8 Å². The summed E-state index contributed by atoms with van der Waals surface area (Å²) in [5, 5.41) is 0.840. The van der Waals surface area contributed by atoms with Gasteiger partial charge in [0.15, 0.2) is 0 Å². The molecule has 2 fully saturated rings. The highest BCUT2D eigenvalue weighted by atomic mass is 32.2. The van der Waals surface area contributed by atoms with Gasteiger partial charge in [-0.05, 0) is 56.3 Å². The number of amides is 1. The van der Waals surface area contributed by atoms with E-state index in [-0.39, 0.29) is 17.6 Å². The van der Waals surface area contributed by atoms with Crippen LogP contribution in [0.15, 0.2) is 46.6 Å². The molecule has 3 aliphatic rings. The number of nitrogens with zero attached hydrogens (tertiary/aromatic N) is 5. The van der Waals surface area contributed by atoms with Gasteiger partial charge in [-0.25, -0.2) is 13.6 Å². The Labute approximate surface area is 223 Å². The summed E-state index contributed by atoms with van der Waals surface area (Å²) in [6, 6.07) is 5.57. The summed E-state index contributed by atoms with van der Waals surface area (Å²) in [6.07, 6.45) is 2.48. The molecule has 6 rings (SSSR count). The van der Waals surface area contributed by atoms with Crippen molar-refractivity contribution in [1.29, 1.82) is 0 Å². The molecule has 1 aromatic heterocycles. The molecule has 38 heavy (non-hydrogen) atoms. The second-order valence-electron chi connectivity index (χ2n) is 10.1. The van der Waals surface area contributed by atoms with Gasteiger partial charge in [0.25, 0.3) is 0 Å². The van der Waals surface area contributed by atoms with Crippen LogP contribution in [0.2, 0.25) is 0 Å². The molecule has 0 spiro atoms. The lowest BCUT2D eigenvalue weighted by atomic mass is 9.96. The molecule has 0 saturated carbocycles. The van der Waals surface area contributed by atoms with Crippen LogP contribution in [-0.4, -0.2) is 76.8 Å². The predicted molar refractivity (Wildman–Crippen MR) is 146 cm³/mol. The first kappa shape index (κ1) is 25.1. The van der Waals surface area contributed by atoms with E-state index in [1.165, 1.54) is 18.2 Å². The summed E-state index contributed by atoms with van der Waals surface area (Å²) < 4.78 is 30.6. The topological polar surface area (TPSA) is 61.7 Å². The molecule has 198 valence electrons. The van der Waals surface area contributed by atoms with Crippen molar-refractivity contribution in [2.24, 2.45) is 0 Å². The number of aryl methyl sites for hydroxylation is 1. The summed E-state index contributed by atoms with van der Waals surface area (Å²) in [4.78, 5) is 37.3. The van der Waals surface area contributed by atoms with E-state index in [2.05, 4.69) is 21.4 Å². The van der Waals surface area contributed by atoms with Crippen LogP contribution in [0.4, 0.5) is 14.6 Å². The van der Waals surface area contributed by atoms with Crippen LogP contribution < -0.4 is 10.6 Å². The average molecular weight is 538 g/mol. The zero-order valence-electron chi connectivity index (χ0n) is 21.3. The van der Waals surface area contributed by atoms with Gasteiger partial charge in [-0.2, -0.15) is 4.98 Å². The third kappa shape index (κ3) is 4.19. The van der Waals surface area contributed by atoms with Gasteiger partial charge in [0.05, 0.1) is 11.6 Å². The summed E-state index contributed by atoms with van der Waals surface area (Å²) in [6.45, 7) is 10.4. The second-order valence-corrected chi connectivity index (χ2v) is 11.2. The van der Waals surface area contributed by atoms with E-state index >= 15 is 4.39 Å². The lowest BCUT2D eigenvalue weighted by Gasteiger charge is -2.38. The molecule has 0 radical (unpaired) electrons. The maximum absolute atomic E-state index is 15.0. The quantitative estimate of drug-likeness (QED) is 0.461. The van der Waals surface area contributed by atoms with Crippen LogP contribution in [-0.2, 0) is 4.79 Å². The van der Waals surface area contributed by atoms with Crippen LogP contribution in [0.1, 0.15) is 18.0 Å². The Morgan fingerprint density at radius 3 is 2.58 bits per heavy atom. The van der Waals surface area contributed by atoms with Crippen molar-refractivity contribution in [2.75, 3.05) is 56.5 Å². The molecular formula is C28H29F2N5O2S. The molecule has 3 aromatic rings. The third-order valence-corrected chi connectivity index (χ3v) is 9.05. The monoisotopic (exact) mass is 537 g/mol. The van der Waals surface area contributed by atoms with E-state index in [1.54, 1.807) is 21.2 Å². The number of likely N-dealkylation sites (tertiary alicyclic amines) is 1. The number of hydrogen-bond donors (Lipinski definition) is 0. The SMILES string of the molecule is C=CC(=O)N1CCN(c2nc(=O)n3c4c(c(-c5ccc(F)cc5F)c(C)cc24)SCC3CN2CCC2)CC1. The van der Waals surface area contributed by atoms with Crippen molar-refractivity contribution >= 4 is 34.4 Å². The zero-order valence-corrected chi connectivity index (χ0v) is 22.1. The molecule has 7 nitrogen and oxygen atoms in total. The number of carbonyl (C=O) groups is 1. The van der Waals surface area contributed by atoms with Crippen LogP contribution in [0.3, 0.4) is 0 Å². The van der Waals surface area contributed by atoms with Crippen molar-refractivity contribution in [3.8, 4) is 11.1 Å². The Morgan fingerprint density at radius 2 is 1.92 bits per heavy atom. The number of aromatic nitrogens is 2. The number of piperazine rings is 1. The van der Waals surface area contributed by atoms with E-state index < -0.39 is 11.6 Å². The third-order valence-electron chi connectivity index (χ3n) is 7.81. The molecule has 2 saturated heterocycles. The van der Waals surface area contributed by atoms with E-state index in [9.17, 15) is 14.0 Å². The Hall–Kier alpha value is -3.24. The number of carbonyl (C=O) groups excluding carboxylic acids is 1. The van der Waals surface area contributed by atoms with Crippen molar-refractivity contribution < 1.29 is 13.6 Å². The summed E-state index contributed by atoms with van der Waals surface area (Å²) in [5.74, 6) is -0.105. The minimum atomic E-state index is -0.627. The number of anilines is 1. The normalized spacial score (nSPS) is 19.5. The highest BCUT2D eigenvalue weighted by Gasteiger charge is 2.33. The molecule has 1 atom stereocenters. The number of halogens is 2. The van der Waals surface area contributed by atoms with Crippen LogP contribution in [0, 0.1) is 18.6 Å². The smallest absolute Gasteiger partial charge is 0.350 e. The van der Waals surface area contributed by atoms with Gasteiger partial charge in [0.2, 0.25) is 5.91 Å². The molecule has 0 aliphatic carbocycles. The number of benzene rings is 2. The molecule has 0 N–H and O–H groups in total. The maximum atomic E-state index is 15.0. The molecule has 2 aromatic carbocycles. The molecular weight excluding hydrogens is 508 g/mol. The largest absolute Gasteiger partial charge is 0.352 e. The van der Waals surface area contributed by atoms with E-state index in [0.29, 0.717) is 48.9 Å². The second kappa shape index (κ2) is 9.81. The summed E-state index contributed by atoms with van der Waals surface area (Å²) in [7, 11) is 0. The average Bonchev–Trinajstić information content (AvgIpc) is 2.88. The van der Waals surface area contributed by atoms with Gasteiger partial charge in [-0.1, -0.05) is 6.58 Å². The Kier molecular flexibility index (Phi) is 6.47. The number of rotatable bonds is 5. The van der Waals surface area contributed by atoms with Crippen molar-refractivity contribution in [3.05, 3.63) is 64.6 Å². The minimum absolute atomic E-state index is 0.0555. The fraction of sp³-hybridized carbons (Fsp3) is 0.393. The summed E-state index contributed by atoms with van der Waals surface area (Å²) in [5.41, 5.74) is 2.28. The minimum Gasteiger partial charge on any atom is -0.352 e. The summed E-state index contributed by atoms with van der Waals surface area (Å²) >= 11 is 1.63. The zero-order chi connectivity index (χ0) is 26.6. The fourth-order valence-corrected chi connectivity index (χ4v) is 7.13. The van der Waals surface area contributed by atoms with Gasteiger partial charge in [0, 0.05) is 66.0 Å². The molecule has 1 amide bonds. The van der Waals surface area contributed by atoms with Crippen LogP contribution in [0.25, 0.3) is 22.0 Å². The highest BCUT2D eigenvalue weighted by molar-refractivity contribution is 7.99. The van der Waals surface area contributed by atoms with Crippen molar-refractivity contribution in [3.63, 3.8) is 0 Å². The van der Waals surface area contributed by atoms with Gasteiger partial charge in [0.1, 0.15) is 17.5 Å². The Morgan fingerprint density at radius 1 is 1.16 bits per heavy atom. The highest BCUT2D eigenvalue weighted by Crippen LogP contribution is 2.46. The first-order valence-corrected chi connectivity index (χ1v) is 13.9.